The summed E-state index contributed by atoms with van der Waals surface area (Å²) in [7, 11) is 1.52. The molecule has 2 heterocycles. The van der Waals surface area contributed by atoms with Gasteiger partial charge >= 0.3 is 11.7 Å². The molecule has 1 aromatic heterocycles. The van der Waals surface area contributed by atoms with Crippen molar-refractivity contribution in [1.29, 1.82) is 0 Å². The van der Waals surface area contributed by atoms with Crippen LogP contribution in [0.4, 0.5) is 5.69 Å². The molecule has 204 valence electrons. The fourth-order valence-electron chi connectivity index (χ4n) is 4.22. The van der Waals surface area contributed by atoms with Crippen LogP contribution in [0.25, 0.3) is 6.08 Å². The third-order valence-electron chi connectivity index (χ3n) is 5.88. The van der Waals surface area contributed by atoms with E-state index in [9.17, 15) is 24.8 Å². The Morgan fingerprint density at radius 2 is 2.00 bits per heavy atom. The van der Waals surface area contributed by atoms with Crippen LogP contribution in [0.1, 0.15) is 37.9 Å². The number of nitrogens with zero attached hydrogens (tertiary/aromatic N) is 3. The average Bonchev–Trinajstić information content (AvgIpc) is 3.19. The zero-order valence-electron chi connectivity index (χ0n) is 21.4. The van der Waals surface area contributed by atoms with E-state index in [4.69, 9.17) is 14.2 Å². The van der Waals surface area contributed by atoms with Crippen molar-refractivity contribution in [2.24, 2.45) is 4.99 Å². The number of phenols is 1. The Hall–Kier alpha value is -3.72. The molecule has 0 spiro atoms. The van der Waals surface area contributed by atoms with Crippen LogP contribution >= 0.6 is 33.9 Å². The number of hydrogen-bond donors (Lipinski definition) is 1. The van der Waals surface area contributed by atoms with Crippen molar-refractivity contribution in [1.82, 2.24) is 4.57 Å². The van der Waals surface area contributed by atoms with Gasteiger partial charge in [0.15, 0.2) is 16.3 Å². The third-order valence-corrected chi connectivity index (χ3v) is 7.69. The number of carbonyl (C=O) groups is 1. The molecule has 0 unspecified atom stereocenters. The van der Waals surface area contributed by atoms with Crippen molar-refractivity contribution in [3.8, 4) is 17.2 Å². The largest absolute Gasteiger partial charge is 0.501 e. The van der Waals surface area contributed by atoms with Gasteiger partial charge in [0.25, 0.3) is 5.56 Å². The number of benzene rings is 2. The van der Waals surface area contributed by atoms with Crippen LogP contribution in [0.3, 0.4) is 0 Å². The summed E-state index contributed by atoms with van der Waals surface area (Å²) in [5, 5.41) is 21.4. The quantitative estimate of drug-likeness (QED) is 0.167. The maximum atomic E-state index is 13.8. The summed E-state index contributed by atoms with van der Waals surface area (Å²) >= 11 is 2.87. The van der Waals surface area contributed by atoms with Crippen LogP contribution in [-0.4, -0.2) is 40.9 Å². The standard InChI is InChI=1S/C26H24IN3O8S/c1-5-37-19-12-15(7-8-18(19)36-4)22-21(25(33)38-6-2)13(3)28-26-29(22)24(32)20(39-26)11-14-9-16(27)23(31)17(10-14)30(34)35/h7-12,22,31H,5-6H2,1-4H3/b20-11-/t22-/m1/s1. The van der Waals surface area contributed by atoms with Crippen molar-refractivity contribution in [3.63, 3.8) is 0 Å². The third kappa shape index (κ3) is 5.41. The fraction of sp³-hybridized carbons (Fsp3) is 0.269. The topological polar surface area (TPSA) is 142 Å². The number of halogens is 1. The smallest absolute Gasteiger partial charge is 0.338 e. The molecule has 0 aliphatic carbocycles. The number of aromatic hydroxyl groups is 1. The predicted molar refractivity (Wildman–Crippen MR) is 152 cm³/mol. The number of carbonyl (C=O) groups excluding carboxylic acids is 1. The first-order valence-corrected chi connectivity index (χ1v) is 13.7. The fourth-order valence-corrected chi connectivity index (χ4v) is 5.90. The molecular weight excluding hydrogens is 641 g/mol. The van der Waals surface area contributed by atoms with Crippen molar-refractivity contribution < 1.29 is 29.0 Å². The maximum absolute atomic E-state index is 13.8. The number of hydrogen-bond acceptors (Lipinski definition) is 10. The number of rotatable bonds is 8. The molecule has 0 saturated carbocycles. The number of nitro benzene ring substituents is 1. The zero-order valence-corrected chi connectivity index (χ0v) is 24.4. The van der Waals surface area contributed by atoms with Gasteiger partial charge in [0.1, 0.15) is 0 Å². The Bertz CT molecular complexity index is 1690. The van der Waals surface area contributed by atoms with Gasteiger partial charge in [-0.15, -0.1) is 0 Å². The Morgan fingerprint density at radius 1 is 1.26 bits per heavy atom. The van der Waals surface area contributed by atoms with Gasteiger partial charge < -0.3 is 19.3 Å². The highest BCUT2D eigenvalue weighted by atomic mass is 127. The molecule has 0 bridgehead atoms. The number of phenolic OH excluding ortho intramolecular Hbond substituents is 1. The molecule has 1 aliphatic heterocycles. The van der Waals surface area contributed by atoms with E-state index in [1.54, 1.807) is 54.6 Å². The molecule has 11 nitrogen and oxygen atoms in total. The van der Waals surface area contributed by atoms with E-state index in [2.05, 4.69) is 4.99 Å². The van der Waals surface area contributed by atoms with Crippen molar-refractivity contribution in [3.05, 3.63) is 86.1 Å². The number of fused-ring (bicyclic) bond motifs is 1. The van der Waals surface area contributed by atoms with Gasteiger partial charge in [-0.05, 0) is 78.8 Å². The van der Waals surface area contributed by atoms with Gasteiger partial charge in [0.2, 0.25) is 5.75 Å². The predicted octanol–water partition coefficient (Wildman–Crippen LogP) is 3.42. The van der Waals surface area contributed by atoms with Crippen LogP contribution in [0.5, 0.6) is 17.2 Å². The highest BCUT2D eigenvalue weighted by Crippen LogP contribution is 2.36. The summed E-state index contributed by atoms with van der Waals surface area (Å²) in [6.45, 7) is 5.71. The monoisotopic (exact) mass is 665 g/mol. The van der Waals surface area contributed by atoms with E-state index < -0.39 is 33.9 Å². The highest BCUT2D eigenvalue weighted by molar-refractivity contribution is 14.1. The Kier molecular flexibility index (Phi) is 8.39. The zero-order chi connectivity index (χ0) is 28.4. The van der Waals surface area contributed by atoms with E-state index in [1.165, 1.54) is 29.9 Å². The Labute approximate surface area is 240 Å². The number of esters is 1. The summed E-state index contributed by atoms with van der Waals surface area (Å²) < 4.78 is 18.4. The average molecular weight is 665 g/mol. The Morgan fingerprint density at radius 3 is 2.64 bits per heavy atom. The van der Waals surface area contributed by atoms with Crippen molar-refractivity contribution >= 4 is 51.7 Å². The lowest BCUT2D eigenvalue weighted by Crippen LogP contribution is -2.40. The molecule has 2 aromatic carbocycles. The molecule has 4 rings (SSSR count). The van der Waals surface area contributed by atoms with Crippen LogP contribution in [0.2, 0.25) is 0 Å². The van der Waals surface area contributed by atoms with Crippen LogP contribution in [-0.2, 0) is 9.53 Å². The van der Waals surface area contributed by atoms with Gasteiger partial charge in [0, 0.05) is 6.07 Å². The molecule has 0 saturated heterocycles. The molecule has 0 radical (unpaired) electrons. The summed E-state index contributed by atoms with van der Waals surface area (Å²) in [4.78, 5) is 42.5. The normalized spacial score (nSPS) is 15.0. The lowest BCUT2D eigenvalue weighted by atomic mass is 9.95. The maximum Gasteiger partial charge on any atom is 0.338 e. The van der Waals surface area contributed by atoms with Crippen LogP contribution < -0.4 is 24.4 Å². The van der Waals surface area contributed by atoms with E-state index in [-0.39, 0.29) is 20.3 Å². The number of aromatic nitrogens is 1. The van der Waals surface area contributed by atoms with Gasteiger partial charge in [-0.2, -0.15) is 0 Å². The first-order valence-electron chi connectivity index (χ1n) is 11.8. The van der Waals surface area contributed by atoms with Crippen LogP contribution in [0, 0.1) is 13.7 Å². The molecule has 0 fully saturated rings. The second-order valence-corrected chi connectivity index (χ2v) is 10.4. The van der Waals surface area contributed by atoms with E-state index in [1.807, 2.05) is 6.92 Å². The molecule has 1 atom stereocenters. The minimum Gasteiger partial charge on any atom is -0.501 e. The molecule has 1 N–H and O–H groups in total. The summed E-state index contributed by atoms with van der Waals surface area (Å²) in [6.07, 6.45) is 1.50. The number of nitro groups is 1. The van der Waals surface area contributed by atoms with Crippen molar-refractivity contribution in [2.75, 3.05) is 20.3 Å². The summed E-state index contributed by atoms with van der Waals surface area (Å²) in [5.74, 6) is -0.104. The minimum atomic E-state index is -0.873. The number of methoxy groups -OCH3 is 1. The molecule has 13 heteroatoms. The second kappa shape index (κ2) is 11.6. The van der Waals surface area contributed by atoms with Crippen LogP contribution in [0.15, 0.2) is 51.4 Å². The van der Waals surface area contributed by atoms with Gasteiger partial charge in [0.05, 0.1) is 50.7 Å². The first kappa shape index (κ1) is 28.3. The second-order valence-electron chi connectivity index (χ2n) is 8.27. The van der Waals surface area contributed by atoms with E-state index >= 15 is 0 Å². The summed E-state index contributed by atoms with van der Waals surface area (Å²) in [6, 6.07) is 7.01. The van der Waals surface area contributed by atoms with Gasteiger partial charge in [-0.3, -0.25) is 19.5 Å². The molecule has 39 heavy (non-hydrogen) atoms. The van der Waals surface area contributed by atoms with Crippen molar-refractivity contribution in [2.45, 2.75) is 26.8 Å². The first-order chi connectivity index (χ1) is 18.6. The van der Waals surface area contributed by atoms with Gasteiger partial charge in [-0.25, -0.2) is 9.79 Å². The number of thiazole rings is 1. The molecular formula is C26H24IN3O8S. The van der Waals surface area contributed by atoms with Gasteiger partial charge in [-0.1, -0.05) is 17.4 Å². The summed E-state index contributed by atoms with van der Waals surface area (Å²) in [5.41, 5.74) is 0.626. The molecule has 3 aromatic rings. The lowest BCUT2D eigenvalue weighted by molar-refractivity contribution is -0.386. The molecule has 0 amide bonds. The minimum absolute atomic E-state index is 0.137. The lowest BCUT2D eigenvalue weighted by Gasteiger charge is -2.25. The SMILES string of the molecule is CCOC(=O)C1=C(C)N=c2s/c(=C\c3cc(I)c(O)c([N+](=O)[O-])c3)c(=O)n2[C@@H]1c1ccc(OC)c(OCC)c1. The van der Waals surface area contributed by atoms with E-state index in [0.717, 1.165) is 11.3 Å². The molecule has 1 aliphatic rings. The number of allylic oxidation sites excluding steroid dienone is 1. The highest BCUT2D eigenvalue weighted by Gasteiger charge is 2.34. The van der Waals surface area contributed by atoms with E-state index in [0.29, 0.717) is 39.7 Å². The number of ether oxygens (including phenoxy) is 3. The Balaban J connectivity index is 1.98.